The summed E-state index contributed by atoms with van der Waals surface area (Å²) >= 11 is 0. The molecule has 280 valence electrons. The third-order valence-electron chi connectivity index (χ3n) is 9.75. The molecule has 2 heterocycles. The number of amides is 3. The molecule has 2 saturated heterocycles. The number of hydrazine groups is 1. The molecule has 0 aromatic heterocycles. The summed E-state index contributed by atoms with van der Waals surface area (Å²) in [6, 6.07) is 15.4. The van der Waals surface area contributed by atoms with Crippen molar-refractivity contribution in [3.05, 3.63) is 90.1 Å². The van der Waals surface area contributed by atoms with Crippen molar-refractivity contribution in [2.24, 2.45) is 28.2 Å². The van der Waals surface area contributed by atoms with Crippen LogP contribution in [0.4, 0.5) is 9.59 Å². The highest BCUT2D eigenvalue weighted by molar-refractivity contribution is 5.86. The van der Waals surface area contributed by atoms with Crippen LogP contribution >= 0.6 is 0 Å². The lowest BCUT2D eigenvalue weighted by molar-refractivity contribution is -0.169. The molecule has 1 aliphatic carbocycles. The lowest BCUT2D eigenvalue weighted by Gasteiger charge is -2.34. The number of hydrogen-bond donors (Lipinski definition) is 4. The van der Waals surface area contributed by atoms with Crippen LogP contribution in [0, 0.1) is 23.2 Å². The number of methoxy groups -OCH3 is 1. The maximum Gasteiger partial charge on any atom is 0.407 e. The number of benzene rings is 2. The minimum absolute atomic E-state index is 0.0718. The number of ether oxygens (including phenoxy) is 4. The number of rotatable bonds is 15. The molecule has 2 aliphatic heterocycles. The van der Waals surface area contributed by atoms with Gasteiger partial charge in [0.2, 0.25) is 0 Å². The quantitative estimate of drug-likeness (QED) is 0.156. The van der Waals surface area contributed by atoms with Gasteiger partial charge < -0.3 is 34.7 Å². The standard InChI is InChI=1S/C39H51N5O8/c1-6-17-40-18-16-25-12-14-27(15-13-25)21-44(43-35(46)34(39(2,3)4)42-37(47)49-5)22-32(45)31(19-26-10-8-7-9-11-26)41-38(48)52-33-28-20-29-30(33)24-51-36(29)50-23-28/h6-18,28-34,36,45H,1,19-24H2,2-5H3,(H,41,48)(H,42,47)(H,43,46)/b18-16+,40-17?/t28?,29?,30?,31-,32-,33?,34+,36?/m0/s1. The Morgan fingerprint density at radius 1 is 1.02 bits per heavy atom. The molecule has 4 N–H and O–H groups in total. The Hall–Kier alpha value is -4.56. The van der Waals surface area contributed by atoms with Gasteiger partial charge in [0.25, 0.3) is 5.91 Å². The van der Waals surface area contributed by atoms with Gasteiger partial charge in [-0.2, -0.15) is 0 Å². The number of alkyl carbamates (subject to hydrolysis) is 2. The molecular weight excluding hydrogens is 666 g/mol. The Bertz CT molecular complexity index is 1580. The number of carbonyl (C=O) groups is 3. The third-order valence-corrected chi connectivity index (χ3v) is 9.75. The van der Waals surface area contributed by atoms with E-state index >= 15 is 0 Å². The average molecular weight is 718 g/mol. The zero-order chi connectivity index (χ0) is 37.3. The maximum absolute atomic E-state index is 13.8. The summed E-state index contributed by atoms with van der Waals surface area (Å²) in [5, 5.41) is 19.0. The Balaban J connectivity index is 1.34. The van der Waals surface area contributed by atoms with Gasteiger partial charge in [-0.05, 0) is 41.0 Å². The highest BCUT2D eigenvalue weighted by atomic mass is 16.7. The van der Waals surface area contributed by atoms with Crippen molar-refractivity contribution in [3.63, 3.8) is 0 Å². The second kappa shape index (κ2) is 17.8. The van der Waals surface area contributed by atoms with E-state index in [1.54, 1.807) is 23.5 Å². The van der Waals surface area contributed by atoms with Crippen LogP contribution in [0.15, 0.2) is 78.4 Å². The van der Waals surface area contributed by atoms with Crippen LogP contribution in [0.1, 0.15) is 43.9 Å². The number of aliphatic hydroxyl groups is 1. The van der Waals surface area contributed by atoms with Crippen molar-refractivity contribution in [2.45, 2.75) is 70.7 Å². The number of aliphatic imine (C=N–C) groups is 1. The highest BCUT2D eigenvalue weighted by Crippen LogP contribution is 2.49. The number of nitrogens with one attached hydrogen (secondary N) is 3. The zero-order valence-corrected chi connectivity index (χ0v) is 30.3. The van der Waals surface area contributed by atoms with Crippen LogP contribution in [0.2, 0.25) is 0 Å². The molecule has 52 heavy (non-hydrogen) atoms. The van der Waals surface area contributed by atoms with Crippen LogP contribution in [-0.2, 0) is 36.7 Å². The molecule has 5 unspecified atom stereocenters. The minimum atomic E-state index is -1.16. The third kappa shape index (κ3) is 10.3. The lowest BCUT2D eigenvalue weighted by Crippen LogP contribution is -2.59. The van der Waals surface area contributed by atoms with Crippen LogP contribution in [-0.4, -0.2) is 91.9 Å². The molecule has 3 amide bonds. The summed E-state index contributed by atoms with van der Waals surface area (Å²) in [6.45, 7) is 10.2. The Kier molecular flexibility index (Phi) is 13.2. The molecule has 2 aromatic rings. The van der Waals surface area contributed by atoms with Gasteiger partial charge in [-0.25, -0.2) is 14.6 Å². The van der Waals surface area contributed by atoms with Crippen molar-refractivity contribution >= 4 is 30.4 Å². The van der Waals surface area contributed by atoms with E-state index in [-0.39, 0.29) is 43.2 Å². The number of fused-ring (bicyclic) bond motifs is 1. The van der Waals surface area contributed by atoms with Crippen molar-refractivity contribution < 1.29 is 38.4 Å². The van der Waals surface area contributed by atoms with Crippen LogP contribution < -0.4 is 16.1 Å². The monoisotopic (exact) mass is 717 g/mol. The molecule has 2 aromatic carbocycles. The first kappa shape index (κ1) is 38.7. The van der Waals surface area contributed by atoms with Crippen molar-refractivity contribution in [2.75, 3.05) is 26.9 Å². The summed E-state index contributed by atoms with van der Waals surface area (Å²) in [7, 11) is 1.23. The van der Waals surface area contributed by atoms with Gasteiger partial charge in [0.1, 0.15) is 12.1 Å². The normalized spacial score (nSPS) is 24.0. The smallest absolute Gasteiger partial charge is 0.407 e. The van der Waals surface area contributed by atoms with Crippen LogP contribution in [0.25, 0.3) is 6.08 Å². The summed E-state index contributed by atoms with van der Waals surface area (Å²) in [4.78, 5) is 43.6. The molecule has 3 fully saturated rings. The number of aliphatic hydroxyl groups excluding tert-OH is 1. The van der Waals surface area contributed by atoms with E-state index in [2.05, 4.69) is 27.6 Å². The molecule has 13 heteroatoms. The fourth-order valence-corrected chi connectivity index (χ4v) is 7.08. The molecule has 5 rings (SSSR count). The van der Waals surface area contributed by atoms with Crippen molar-refractivity contribution in [1.29, 1.82) is 0 Å². The van der Waals surface area contributed by atoms with E-state index in [0.29, 0.717) is 19.6 Å². The van der Waals surface area contributed by atoms with Gasteiger partial charge in [0.15, 0.2) is 6.29 Å². The molecule has 0 spiro atoms. The second-order valence-electron chi connectivity index (χ2n) is 14.6. The number of hydrogen-bond acceptors (Lipinski definition) is 10. The van der Waals surface area contributed by atoms with E-state index in [0.717, 1.165) is 23.1 Å². The van der Waals surface area contributed by atoms with Crippen molar-refractivity contribution in [3.8, 4) is 0 Å². The van der Waals surface area contributed by atoms with E-state index in [1.807, 2.05) is 81.4 Å². The molecule has 2 bridgehead atoms. The largest absolute Gasteiger partial charge is 0.453 e. The molecule has 0 radical (unpaired) electrons. The van der Waals surface area contributed by atoms with E-state index < -0.39 is 41.7 Å². The first-order valence-corrected chi connectivity index (χ1v) is 17.7. The lowest BCUT2D eigenvalue weighted by atomic mass is 9.86. The van der Waals surface area contributed by atoms with Gasteiger partial charge in [-0.3, -0.25) is 15.2 Å². The zero-order valence-electron chi connectivity index (χ0n) is 30.3. The van der Waals surface area contributed by atoms with Gasteiger partial charge in [0.05, 0.1) is 32.5 Å². The maximum atomic E-state index is 13.8. The molecule has 3 aliphatic rings. The second-order valence-corrected chi connectivity index (χ2v) is 14.6. The summed E-state index contributed by atoms with van der Waals surface area (Å²) in [5.41, 5.74) is 4.89. The number of carbonyl (C=O) groups excluding carboxylic acids is 3. The SMILES string of the molecule is C=CC=N/C=C/c1ccc(CN(C[C@H](O)[C@H](Cc2ccccc2)NC(=O)OC2C3COC4OCC2C4C3)NC(=O)[C@@H](NC(=O)OC)C(C)(C)C)cc1. The predicted molar refractivity (Wildman–Crippen MR) is 196 cm³/mol. The Morgan fingerprint density at radius 3 is 2.44 bits per heavy atom. The van der Waals surface area contributed by atoms with E-state index in [1.165, 1.54) is 7.11 Å². The van der Waals surface area contributed by atoms with E-state index in [4.69, 9.17) is 18.9 Å². The first-order valence-electron chi connectivity index (χ1n) is 17.7. The summed E-state index contributed by atoms with van der Waals surface area (Å²) in [5.74, 6) is -0.119. The van der Waals surface area contributed by atoms with Gasteiger partial charge in [-0.15, -0.1) is 0 Å². The predicted octanol–water partition coefficient (Wildman–Crippen LogP) is 4.22. The fourth-order valence-electron chi connectivity index (χ4n) is 7.08. The topological polar surface area (TPSA) is 160 Å². The fraction of sp³-hybridized carbons (Fsp3) is 0.487. The van der Waals surface area contributed by atoms with Crippen LogP contribution in [0.5, 0.6) is 0 Å². The number of nitrogens with zero attached hydrogens (tertiary/aromatic N) is 2. The van der Waals surface area contributed by atoms with Crippen LogP contribution in [0.3, 0.4) is 0 Å². The first-order chi connectivity index (χ1) is 24.9. The summed E-state index contributed by atoms with van der Waals surface area (Å²) in [6.07, 6.45) is 4.76. The highest BCUT2D eigenvalue weighted by Gasteiger charge is 2.56. The average Bonchev–Trinajstić information content (AvgIpc) is 3.65. The van der Waals surface area contributed by atoms with Gasteiger partial charge in [-0.1, -0.05) is 88.0 Å². The number of allylic oxidation sites excluding steroid dienone is 1. The molecule has 8 atom stereocenters. The molecule has 1 saturated carbocycles. The van der Waals surface area contributed by atoms with Gasteiger partial charge in [0, 0.05) is 43.3 Å². The summed E-state index contributed by atoms with van der Waals surface area (Å²) < 4.78 is 22.4. The molecular formula is C39H51N5O8. The molecule has 13 nitrogen and oxygen atoms in total. The minimum Gasteiger partial charge on any atom is -0.453 e. The van der Waals surface area contributed by atoms with Gasteiger partial charge >= 0.3 is 12.2 Å². The van der Waals surface area contributed by atoms with Crippen molar-refractivity contribution in [1.82, 2.24) is 21.1 Å². The van der Waals surface area contributed by atoms with E-state index in [9.17, 15) is 19.5 Å². The Labute approximate surface area is 305 Å². The Morgan fingerprint density at radius 2 is 1.75 bits per heavy atom.